The van der Waals surface area contributed by atoms with Gasteiger partial charge in [0.25, 0.3) is 0 Å². The molecular weight excluding hydrogens is 288 g/mol. The molecule has 0 radical (unpaired) electrons. The number of hydrogen-bond donors (Lipinski definition) is 2. The first kappa shape index (κ1) is 17.3. The lowest BCUT2D eigenvalue weighted by Crippen LogP contribution is -2.61. The second-order valence-electron chi connectivity index (χ2n) is 4.47. The highest BCUT2D eigenvalue weighted by Gasteiger charge is 2.50. The van der Waals surface area contributed by atoms with Crippen LogP contribution in [0.15, 0.2) is 0 Å². The van der Waals surface area contributed by atoms with Crippen molar-refractivity contribution in [1.29, 1.82) is 0 Å². The fraction of sp³-hybridized carbons (Fsp3) is 0.750. The van der Waals surface area contributed by atoms with Crippen LogP contribution in [0.3, 0.4) is 0 Å². The van der Waals surface area contributed by atoms with Crippen molar-refractivity contribution in [3.63, 3.8) is 0 Å². The number of carbonyl (C=O) groups is 3. The monoisotopic (exact) mass is 306 g/mol. The van der Waals surface area contributed by atoms with Gasteiger partial charge in [0.1, 0.15) is 12.2 Å². The van der Waals surface area contributed by atoms with Crippen LogP contribution in [0.4, 0.5) is 0 Å². The Morgan fingerprint density at radius 1 is 0.952 bits per heavy atom. The molecule has 21 heavy (non-hydrogen) atoms. The van der Waals surface area contributed by atoms with Crippen LogP contribution in [-0.4, -0.2) is 65.4 Å². The standard InChI is InChI=1S/C12H18O9/c1-5(14)18-10-9(17)8(4-13)21-12(20-7(3)16)11(10)19-6(2)15/h8-13,17H,4H2,1-3H3/t8?,9-,10?,11-,12-/m0/s1. The number of carbonyl (C=O) groups excluding carboxylic acids is 3. The Bertz CT molecular complexity index is 408. The Balaban J connectivity index is 3.05. The summed E-state index contributed by atoms with van der Waals surface area (Å²) in [6, 6.07) is 0. The topological polar surface area (TPSA) is 129 Å². The molecule has 0 saturated carbocycles. The smallest absolute Gasteiger partial charge is 0.305 e. The SMILES string of the molecule is CC(=O)OC1[C@@H](O)C(CO)O[C@H](OC(C)=O)[C@H]1OC(C)=O. The molecule has 1 saturated heterocycles. The molecule has 2 unspecified atom stereocenters. The van der Waals surface area contributed by atoms with Crippen molar-refractivity contribution in [2.75, 3.05) is 6.61 Å². The largest absolute Gasteiger partial charge is 0.455 e. The minimum Gasteiger partial charge on any atom is -0.455 e. The van der Waals surface area contributed by atoms with Gasteiger partial charge < -0.3 is 29.2 Å². The van der Waals surface area contributed by atoms with Gasteiger partial charge in [0.05, 0.1) is 6.61 Å². The average Bonchev–Trinajstić information content (AvgIpc) is 2.35. The molecule has 1 aliphatic heterocycles. The Labute approximate surface area is 120 Å². The van der Waals surface area contributed by atoms with Gasteiger partial charge in [-0.25, -0.2) is 0 Å². The van der Waals surface area contributed by atoms with Crippen LogP contribution in [0, 0.1) is 0 Å². The third-order valence-corrected chi connectivity index (χ3v) is 2.68. The summed E-state index contributed by atoms with van der Waals surface area (Å²) in [5.41, 5.74) is 0. The fourth-order valence-electron chi connectivity index (χ4n) is 1.94. The molecule has 0 aromatic carbocycles. The summed E-state index contributed by atoms with van der Waals surface area (Å²) in [6.45, 7) is 2.69. The van der Waals surface area contributed by atoms with E-state index in [0.29, 0.717) is 0 Å². The van der Waals surface area contributed by atoms with Crippen LogP contribution in [0.2, 0.25) is 0 Å². The van der Waals surface area contributed by atoms with E-state index in [4.69, 9.17) is 24.1 Å². The molecule has 1 heterocycles. The molecule has 120 valence electrons. The van der Waals surface area contributed by atoms with Gasteiger partial charge in [0.2, 0.25) is 12.4 Å². The molecule has 1 fully saturated rings. The van der Waals surface area contributed by atoms with Crippen LogP contribution in [0.1, 0.15) is 20.8 Å². The van der Waals surface area contributed by atoms with Gasteiger partial charge in [-0.15, -0.1) is 0 Å². The van der Waals surface area contributed by atoms with E-state index in [-0.39, 0.29) is 0 Å². The van der Waals surface area contributed by atoms with Crippen LogP contribution < -0.4 is 0 Å². The highest BCUT2D eigenvalue weighted by Crippen LogP contribution is 2.27. The van der Waals surface area contributed by atoms with E-state index in [2.05, 4.69) is 0 Å². The van der Waals surface area contributed by atoms with Crippen molar-refractivity contribution in [3.8, 4) is 0 Å². The highest BCUT2D eigenvalue weighted by atomic mass is 16.7. The van der Waals surface area contributed by atoms with Crippen molar-refractivity contribution >= 4 is 17.9 Å². The zero-order valence-electron chi connectivity index (χ0n) is 11.8. The van der Waals surface area contributed by atoms with E-state index < -0.39 is 55.2 Å². The molecule has 0 aliphatic carbocycles. The fourth-order valence-corrected chi connectivity index (χ4v) is 1.94. The highest BCUT2D eigenvalue weighted by molar-refractivity contribution is 5.68. The van der Waals surface area contributed by atoms with E-state index in [1.807, 2.05) is 0 Å². The third kappa shape index (κ3) is 4.66. The quantitative estimate of drug-likeness (QED) is 0.470. The molecule has 0 spiro atoms. The molecule has 5 atom stereocenters. The van der Waals surface area contributed by atoms with Crippen LogP contribution in [-0.2, 0) is 33.3 Å². The predicted molar refractivity (Wildman–Crippen MR) is 64.6 cm³/mol. The average molecular weight is 306 g/mol. The minimum atomic E-state index is -1.45. The first-order chi connectivity index (χ1) is 9.76. The lowest BCUT2D eigenvalue weighted by Gasteiger charge is -2.41. The van der Waals surface area contributed by atoms with Crippen molar-refractivity contribution < 1.29 is 43.5 Å². The summed E-state index contributed by atoms with van der Waals surface area (Å²) in [5.74, 6) is -2.21. The van der Waals surface area contributed by atoms with Crippen LogP contribution in [0.25, 0.3) is 0 Å². The molecule has 0 aromatic rings. The van der Waals surface area contributed by atoms with Gasteiger partial charge in [-0.2, -0.15) is 0 Å². The predicted octanol–water partition coefficient (Wildman–Crippen LogP) is -1.51. The minimum absolute atomic E-state index is 0.608. The van der Waals surface area contributed by atoms with E-state index in [1.165, 1.54) is 0 Å². The number of rotatable bonds is 4. The number of esters is 3. The lowest BCUT2D eigenvalue weighted by atomic mass is 9.98. The number of ether oxygens (including phenoxy) is 4. The Morgan fingerprint density at radius 3 is 1.86 bits per heavy atom. The molecule has 0 amide bonds. The van der Waals surface area contributed by atoms with Crippen LogP contribution in [0.5, 0.6) is 0 Å². The van der Waals surface area contributed by atoms with E-state index in [0.717, 1.165) is 20.8 Å². The summed E-state index contributed by atoms with van der Waals surface area (Å²) in [7, 11) is 0. The first-order valence-electron chi connectivity index (χ1n) is 6.22. The van der Waals surface area contributed by atoms with Crippen molar-refractivity contribution in [2.45, 2.75) is 51.5 Å². The second-order valence-corrected chi connectivity index (χ2v) is 4.47. The number of hydrogen-bond acceptors (Lipinski definition) is 9. The number of aliphatic hydroxyl groups excluding tert-OH is 2. The van der Waals surface area contributed by atoms with Gasteiger partial charge in [0.15, 0.2) is 6.10 Å². The van der Waals surface area contributed by atoms with Crippen molar-refractivity contribution in [2.24, 2.45) is 0 Å². The maximum atomic E-state index is 11.1. The first-order valence-corrected chi connectivity index (χ1v) is 6.22. The van der Waals surface area contributed by atoms with Crippen molar-refractivity contribution in [1.82, 2.24) is 0 Å². The summed E-state index contributed by atoms with van der Waals surface area (Å²) in [6.07, 6.45) is -6.69. The number of aliphatic hydroxyl groups is 2. The molecule has 0 aromatic heterocycles. The lowest BCUT2D eigenvalue weighted by molar-refractivity contribution is -0.297. The summed E-state index contributed by atoms with van der Waals surface area (Å²) in [5, 5.41) is 19.2. The zero-order chi connectivity index (χ0) is 16.2. The summed E-state index contributed by atoms with van der Waals surface area (Å²) < 4.78 is 19.9. The third-order valence-electron chi connectivity index (χ3n) is 2.68. The Hall–Kier alpha value is -1.71. The molecule has 1 rings (SSSR count). The van der Waals surface area contributed by atoms with Gasteiger partial charge >= 0.3 is 17.9 Å². The van der Waals surface area contributed by atoms with Crippen LogP contribution >= 0.6 is 0 Å². The van der Waals surface area contributed by atoms with Crippen molar-refractivity contribution in [3.05, 3.63) is 0 Å². The second kappa shape index (κ2) is 7.34. The summed E-state index contributed by atoms with van der Waals surface area (Å²) >= 11 is 0. The molecular formula is C12H18O9. The van der Waals surface area contributed by atoms with Gasteiger partial charge in [-0.3, -0.25) is 14.4 Å². The zero-order valence-corrected chi connectivity index (χ0v) is 11.8. The molecule has 2 N–H and O–H groups in total. The summed E-state index contributed by atoms with van der Waals surface area (Å²) in [4.78, 5) is 33.3. The molecule has 9 nitrogen and oxygen atoms in total. The van der Waals surface area contributed by atoms with Gasteiger partial charge in [-0.05, 0) is 0 Å². The maximum Gasteiger partial charge on any atom is 0.305 e. The van der Waals surface area contributed by atoms with E-state index >= 15 is 0 Å². The van der Waals surface area contributed by atoms with E-state index in [9.17, 15) is 19.5 Å². The van der Waals surface area contributed by atoms with Gasteiger partial charge in [0, 0.05) is 20.8 Å². The van der Waals surface area contributed by atoms with Gasteiger partial charge in [-0.1, -0.05) is 0 Å². The Kier molecular flexibility index (Phi) is 6.06. The molecule has 1 aliphatic rings. The van der Waals surface area contributed by atoms with E-state index in [1.54, 1.807) is 0 Å². The molecule has 0 bridgehead atoms. The molecule has 9 heteroatoms. The maximum absolute atomic E-state index is 11.1. The normalized spacial score (nSPS) is 32.1. The Morgan fingerprint density at radius 2 is 1.43 bits per heavy atom.